The molecule has 1 amide bonds. The lowest BCUT2D eigenvalue weighted by molar-refractivity contribution is -0.120. The molecule has 0 saturated carbocycles. The summed E-state index contributed by atoms with van der Waals surface area (Å²) in [5.74, 6) is 0.521. The van der Waals surface area contributed by atoms with Crippen molar-refractivity contribution in [1.29, 1.82) is 0 Å². The lowest BCUT2D eigenvalue weighted by Crippen LogP contribution is -2.39. The Morgan fingerprint density at radius 2 is 2.19 bits per heavy atom. The SMILES string of the molecule is CCc1nnc(NC(=O)[C@@H](C)N(C)Cc2cc(-c3ccccn3)no2)s1. The number of carbonyl (C=O) groups is 1. The van der Waals surface area contributed by atoms with Gasteiger partial charge >= 0.3 is 0 Å². The van der Waals surface area contributed by atoms with Crippen molar-refractivity contribution < 1.29 is 9.32 Å². The number of rotatable bonds is 7. The number of anilines is 1. The first-order valence-electron chi connectivity index (χ1n) is 8.27. The maximum absolute atomic E-state index is 12.4. The third kappa shape index (κ3) is 4.30. The average Bonchev–Trinajstić information content (AvgIpc) is 3.31. The van der Waals surface area contributed by atoms with E-state index in [2.05, 4.69) is 25.7 Å². The van der Waals surface area contributed by atoms with Crippen LogP contribution in [-0.4, -0.2) is 44.2 Å². The van der Waals surface area contributed by atoms with E-state index >= 15 is 0 Å². The largest absolute Gasteiger partial charge is 0.359 e. The molecule has 0 aromatic carbocycles. The van der Waals surface area contributed by atoms with E-state index in [0.717, 1.165) is 17.1 Å². The second-order valence-corrected chi connectivity index (χ2v) is 6.89. The summed E-state index contributed by atoms with van der Waals surface area (Å²) < 4.78 is 5.37. The first-order chi connectivity index (χ1) is 12.6. The summed E-state index contributed by atoms with van der Waals surface area (Å²) in [6, 6.07) is 7.08. The Bertz CT molecular complexity index is 863. The predicted octanol–water partition coefficient (Wildman–Crippen LogP) is 2.61. The molecule has 0 aliphatic heterocycles. The maximum atomic E-state index is 12.4. The summed E-state index contributed by atoms with van der Waals surface area (Å²) in [7, 11) is 1.85. The Balaban J connectivity index is 1.59. The van der Waals surface area contributed by atoms with Crippen LogP contribution in [0.1, 0.15) is 24.6 Å². The van der Waals surface area contributed by atoms with Gasteiger partial charge in [-0.2, -0.15) is 0 Å². The van der Waals surface area contributed by atoms with Crippen molar-refractivity contribution in [2.24, 2.45) is 0 Å². The van der Waals surface area contributed by atoms with E-state index in [1.807, 2.05) is 50.1 Å². The Kier molecular flexibility index (Phi) is 5.69. The first-order valence-corrected chi connectivity index (χ1v) is 9.09. The van der Waals surface area contributed by atoms with Crippen molar-refractivity contribution in [2.45, 2.75) is 32.9 Å². The van der Waals surface area contributed by atoms with Crippen LogP contribution < -0.4 is 5.32 Å². The minimum absolute atomic E-state index is 0.143. The molecule has 8 nitrogen and oxygen atoms in total. The van der Waals surface area contributed by atoms with E-state index in [1.54, 1.807) is 6.20 Å². The molecule has 0 radical (unpaired) electrons. The van der Waals surface area contributed by atoms with Gasteiger partial charge in [0.2, 0.25) is 11.0 Å². The molecule has 0 bridgehead atoms. The molecule has 3 rings (SSSR count). The molecule has 0 saturated heterocycles. The molecule has 3 aromatic heterocycles. The van der Waals surface area contributed by atoms with Crippen LogP contribution in [0, 0.1) is 0 Å². The van der Waals surface area contributed by atoms with Crippen LogP contribution >= 0.6 is 11.3 Å². The third-order valence-electron chi connectivity index (χ3n) is 3.93. The van der Waals surface area contributed by atoms with Crippen LogP contribution in [-0.2, 0) is 17.8 Å². The van der Waals surface area contributed by atoms with Crippen LogP contribution in [0.3, 0.4) is 0 Å². The van der Waals surface area contributed by atoms with Gasteiger partial charge in [0, 0.05) is 12.3 Å². The van der Waals surface area contributed by atoms with Crippen molar-refractivity contribution in [2.75, 3.05) is 12.4 Å². The maximum Gasteiger partial charge on any atom is 0.243 e. The summed E-state index contributed by atoms with van der Waals surface area (Å²) in [6.07, 6.45) is 2.51. The second kappa shape index (κ2) is 8.15. The van der Waals surface area contributed by atoms with Crippen LogP contribution in [0.25, 0.3) is 11.4 Å². The molecule has 26 heavy (non-hydrogen) atoms. The zero-order chi connectivity index (χ0) is 18.5. The van der Waals surface area contributed by atoms with Gasteiger partial charge in [-0.05, 0) is 32.5 Å². The van der Waals surface area contributed by atoms with Crippen LogP contribution in [0.4, 0.5) is 5.13 Å². The summed E-state index contributed by atoms with van der Waals surface area (Å²) in [4.78, 5) is 18.5. The molecular formula is C17H20N6O2S. The molecule has 136 valence electrons. The van der Waals surface area contributed by atoms with Crippen molar-refractivity contribution >= 4 is 22.4 Å². The molecule has 0 aliphatic carbocycles. The lowest BCUT2D eigenvalue weighted by Gasteiger charge is -2.21. The van der Waals surface area contributed by atoms with E-state index in [1.165, 1.54) is 11.3 Å². The van der Waals surface area contributed by atoms with Gasteiger partial charge in [-0.25, -0.2) is 0 Å². The minimum atomic E-state index is -0.368. The van der Waals surface area contributed by atoms with E-state index < -0.39 is 0 Å². The monoisotopic (exact) mass is 372 g/mol. The molecule has 0 aliphatic rings. The fourth-order valence-electron chi connectivity index (χ4n) is 2.26. The third-order valence-corrected chi connectivity index (χ3v) is 4.91. The van der Waals surface area contributed by atoms with Gasteiger partial charge in [-0.3, -0.25) is 20.0 Å². The van der Waals surface area contributed by atoms with Gasteiger partial charge in [-0.15, -0.1) is 10.2 Å². The van der Waals surface area contributed by atoms with Crippen LogP contribution in [0.5, 0.6) is 0 Å². The Morgan fingerprint density at radius 3 is 2.88 bits per heavy atom. The number of aromatic nitrogens is 4. The molecular weight excluding hydrogens is 352 g/mol. The topological polar surface area (TPSA) is 97.0 Å². The summed E-state index contributed by atoms with van der Waals surface area (Å²) in [6.45, 7) is 4.27. The van der Waals surface area contributed by atoms with Gasteiger partial charge in [-0.1, -0.05) is 29.5 Å². The van der Waals surface area contributed by atoms with Crippen molar-refractivity contribution in [3.8, 4) is 11.4 Å². The van der Waals surface area contributed by atoms with E-state index in [9.17, 15) is 4.79 Å². The number of aryl methyl sites for hydroxylation is 1. The number of nitrogens with zero attached hydrogens (tertiary/aromatic N) is 5. The fourth-order valence-corrected chi connectivity index (χ4v) is 2.94. The molecule has 1 atom stereocenters. The van der Waals surface area contributed by atoms with Crippen molar-refractivity contribution in [1.82, 2.24) is 25.2 Å². The molecule has 1 N–H and O–H groups in total. The number of hydrogen-bond acceptors (Lipinski definition) is 8. The van der Waals surface area contributed by atoms with E-state index in [0.29, 0.717) is 23.1 Å². The van der Waals surface area contributed by atoms with Crippen LogP contribution in [0.15, 0.2) is 35.0 Å². The number of nitrogens with one attached hydrogen (secondary N) is 1. The summed E-state index contributed by atoms with van der Waals surface area (Å²) >= 11 is 1.39. The molecule has 0 unspecified atom stereocenters. The zero-order valence-electron chi connectivity index (χ0n) is 14.8. The Labute approximate surface area is 155 Å². The summed E-state index contributed by atoms with van der Waals surface area (Å²) in [5, 5.41) is 16.2. The summed E-state index contributed by atoms with van der Waals surface area (Å²) in [5.41, 5.74) is 1.42. The first kappa shape index (κ1) is 18.2. The smallest absolute Gasteiger partial charge is 0.243 e. The lowest BCUT2D eigenvalue weighted by atomic mass is 10.2. The fraction of sp³-hybridized carbons (Fsp3) is 0.353. The molecule has 0 fully saturated rings. The predicted molar refractivity (Wildman–Crippen MR) is 98.6 cm³/mol. The quantitative estimate of drug-likeness (QED) is 0.681. The van der Waals surface area contributed by atoms with Gasteiger partial charge in [0.25, 0.3) is 0 Å². The van der Waals surface area contributed by atoms with Crippen molar-refractivity contribution in [3.05, 3.63) is 41.2 Å². The normalized spacial score (nSPS) is 12.3. The van der Waals surface area contributed by atoms with Crippen LogP contribution in [0.2, 0.25) is 0 Å². The molecule has 3 heterocycles. The highest BCUT2D eigenvalue weighted by Gasteiger charge is 2.21. The molecule has 0 spiro atoms. The molecule has 3 aromatic rings. The average molecular weight is 372 g/mol. The standard InChI is InChI=1S/C17H20N6O2S/c1-4-15-20-21-17(26-15)19-16(24)11(2)23(3)10-12-9-14(22-25-12)13-7-5-6-8-18-13/h5-9,11H,4,10H2,1-3H3,(H,19,21,24)/t11-/m1/s1. The van der Waals surface area contributed by atoms with E-state index in [-0.39, 0.29) is 11.9 Å². The highest BCUT2D eigenvalue weighted by molar-refractivity contribution is 7.15. The number of likely N-dealkylation sites (N-methyl/N-ethyl adjacent to an activating group) is 1. The Morgan fingerprint density at radius 1 is 1.35 bits per heavy atom. The van der Waals surface area contributed by atoms with E-state index in [4.69, 9.17) is 4.52 Å². The number of amides is 1. The Hall–Kier alpha value is -2.65. The van der Waals surface area contributed by atoms with Gasteiger partial charge in [0.15, 0.2) is 5.76 Å². The number of hydrogen-bond donors (Lipinski definition) is 1. The number of carbonyl (C=O) groups excluding carboxylic acids is 1. The van der Waals surface area contributed by atoms with Gasteiger partial charge < -0.3 is 4.52 Å². The zero-order valence-corrected chi connectivity index (χ0v) is 15.7. The number of pyridine rings is 1. The highest BCUT2D eigenvalue weighted by atomic mass is 32.1. The minimum Gasteiger partial charge on any atom is -0.359 e. The second-order valence-electron chi connectivity index (χ2n) is 5.83. The van der Waals surface area contributed by atoms with Gasteiger partial charge in [0.05, 0.1) is 18.3 Å². The highest BCUT2D eigenvalue weighted by Crippen LogP contribution is 2.19. The van der Waals surface area contributed by atoms with Gasteiger partial charge in [0.1, 0.15) is 10.7 Å². The van der Waals surface area contributed by atoms with Crippen molar-refractivity contribution in [3.63, 3.8) is 0 Å². The molecule has 9 heteroatoms.